The molecular formula is C18H22FN. The predicted molar refractivity (Wildman–Crippen MR) is 83.6 cm³/mol. The molecule has 0 radical (unpaired) electrons. The Labute approximate surface area is 120 Å². The molecule has 2 heteroatoms. The summed E-state index contributed by atoms with van der Waals surface area (Å²) in [7, 11) is 0. The molecule has 0 heterocycles. The summed E-state index contributed by atoms with van der Waals surface area (Å²) in [5.74, 6) is 0.691. The fourth-order valence-electron chi connectivity index (χ4n) is 2.42. The number of hydrogen-bond donors (Lipinski definition) is 1. The van der Waals surface area contributed by atoms with Gasteiger partial charge in [-0.05, 0) is 36.1 Å². The minimum absolute atomic E-state index is 0.180. The first-order valence-corrected chi connectivity index (χ1v) is 7.13. The molecule has 20 heavy (non-hydrogen) atoms. The van der Waals surface area contributed by atoms with E-state index in [0.29, 0.717) is 17.5 Å². The lowest BCUT2D eigenvalue weighted by Crippen LogP contribution is -2.18. The van der Waals surface area contributed by atoms with Crippen molar-refractivity contribution < 1.29 is 4.39 Å². The number of rotatable bonds is 5. The minimum Gasteiger partial charge on any atom is -0.382 e. The summed E-state index contributed by atoms with van der Waals surface area (Å²) < 4.78 is 13.8. The molecule has 0 aliphatic carbocycles. The van der Waals surface area contributed by atoms with Crippen molar-refractivity contribution in [3.63, 3.8) is 0 Å². The summed E-state index contributed by atoms with van der Waals surface area (Å²) >= 11 is 0. The third kappa shape index (κ3) is 3.60. The molecule has 106 valence electrons. The molecule has 0 aliphatic rings. The fourth-order valence-corrected chi connectivity index (χ4v) is 2.42. The van der Waals surface area contributed by atoms with Crippen molar-refractivity contribution >= 4 is 5.69 Å². The molecule has 2 aromatic rings. The van der Waals surface area contributed by atoms with Gasteiger partial charge in [0.1, 0.15) is 5.82 Å². The van der Waals surface area contributed by atoms with Crippen molar-refractivity contribution in [2.45, 2.75) is 26.7 Å². The average Bonchev–Trinajstić information content (AvgIpc) is 2.42. The molecular weight excluding hydrogens is 249 g/mol. The van der Waals surface area contributed by atoms with Crippen LogP contribution in [0.25, 0.3) is 0 Å². The number of hydrogen-bond acceptors (Lipinski definition) is 1. The smallest absolute Gasteiger partial charge is 0.146 e. The maximum atomic E-state index is 13.8. The molecule has 0 spiro atoms. The zero-order chi connectivity index (χ0) is 14.5. The SMILES string of the molecule is Cc1ccc(NCC(c2ccccc2)C(C)C)c(F)c1. The van der Waals surface area contributed by atoms with E-state index < -0.39 is 0 Å². The molecule has 1 unspecified atom stereocenters. The topological polar surface area (TPSA) is 12.0 Å². The van der Waals surface area contributed by atoms with E-state index in [0.717, 1.165) is 12.1 Å². The summed E-state index contributed by atoms with van der Waals surface area (Å²) in [4.78, 5) is 0. The molecule has 0 saturated carbocycles. The van der Waals surface area contributed by atoms with Gasteiger partial charge in [0.05, 0.1) is 5.69 Å². The van der Waals surface area contributed by atoms with Crippen molar-refractivity contribution in [1.82, 2.24) is 0 Å². The second-order valence-corrected chi connectivity index (χ2v) is 5.63. The maximum Gasteiger partial charge on any atom is 0.146 e. The first-order chi connectivity index (χ1) is 9.58. The molecule has 0 amide bonds. The van der Waals surface area contributed by atoms with Crippen LogP contribution in [0.1, 0.15) is 30.9 Å². The summed E-state index contributed by atoms with van der Waals surface area (Å²) in [6.07, 6.45) is 0. The van der Waals surface area contributed by atoms with Gasteiger partial charge in [0, 0.05) is 12.5 Å². The van der Waals surface area contributed by atoms with Gasteiger partial charge in [0.25, 0.3) is 0 Å². The van der Waals surface area contributed by atoms with Crippen LogP contribution >= 0.6 is 0 Å². The lowest BCUT2D eigenvalue weighted by molar-refractivity contribution is 0.515. The standard InChI is InChI=1S/C18H22FN/c1-13(2)16(15-7-5-4-6-8-15)12-20-18-10-9-14(3)11-17(18)19/h4-11,13,16,20H,12H2,1-3H3. The zero-order valence-corrected chi connectivity index (χ0v) is 12.4. The Morgan fingerprint density at radius 1 is 1.05 bits per heavy atom. The number of aryl methyl sites for hydroxylation is 1. The highest BCUT2D eigenvalue weighted by atomic mass is 19.1. The van der Waals surface area contributed by atoms with Crippen molar-refractivity contribution in [2.75, 3.05) is 11.9 Å². The average molecular weight is 271 g/mol. The van der Waals surface area contributed by atoms with Gasteiger partial charge >= 0.3 is 0 Å². The molecule has 1 nitrogen and oxygen atoms in total. The van der Waals surface area contributed by atoms with E-state index in [-0.39, 0.29) is 5.82 Å². The van der Waals surface area contributed by atoms with E-state index in [4.69, 9.17) is 0 Å². The minimum atomic E-state index is -0.180. The largest absolute Gasteiger partial charge is 0.382 e. The van der Waals surface area contributed by atoms with Crippen LogP contribution in [0.3, 0.4) is 0 Å². The van der Waals surface area contributed by atoms with Gasteiger partial charge in [-0.25, -0.2) is 4.39 Å². The molecule has 0 bridgehead atoms. The second kappa shape index (κ2) is 6.56. The summed E-state index contributed by atoms with van der Waals surface area (Å²) in [5.41, 5.74) is 2.82. The third-order valence-electron chi connectivity index (χ3n) is 3.67. The van der Waals surface area contributed by atoms with Gasteiger partial charge in [-0.3, -0.25) is 0 Å². The Kier molecular flexibility index (Phi) is 4.78. The molecule has 0 aliphatic heterocycles. The lowest BCUT2D eigenvalue weighted by Gasteiger charge is -2.22. The van der Waals surface area contributed by atoms with Crippen molar-refractivity contribution in [3.05, 3.63) is 65.5 Å². The first-order valence-electron chi connectivity index (χ1n) is 7.13. The summed E-state index contributed by atoms with van der Waals surface area (Å²) in [6, 6.07) is 15.7. The van der Waals surface area contributed by atoms with E-state index in [1.807, 2.05) is 25.1 Å². The highest BCUT2D eigenvalue weighted by Gasteiger charge is 2.16. The highest BCUT2D eigenvalue weighted by molar-refractivity contribution is 5.46. The molecule has 0 aromatic heterocycles. The van der Waals surface area contributed by atoms with Crippen LogP contribution in [0.4, 0.5) is 10.1 Å². The molecule has 0 saturated heterocycles. The molecule has 0 fully saturated rings. The van der Waals surface area contributed by atoms with Crippen molar-refractivity contribution in [2.24, 2.45) is 5.92 Å². The van der Waals surface area contributed by atoms with Crippen LogP contribution in [0, 0.1) is 18.7 Å². The van der Waals surface area contributed by atoms with Crippen LogP contribution in [0.5, 0.6) is 0 Å². The van der Waals surface area contributed by atoms with Gasteiger partial charge in [-0.15, -0.1) is 0 Å². The highest BCUT2D eigenvalue weighted by Crippen LogP contribution is 2.25. The Morgan fingerprint density at radius 3 is 2.35 bits per heavy atom. The monoisotopic (exact) mass is 271 g/mol. The van der Waals surface area contributed by atoms with E-state index in [2.05, 4.69) is 43.4 Å². The van der Waals surface area contributed by atoms with Gasteiger partial charge in [0.2, 0.25) is 0 Å². The predicted octanol–water partition coefficient (Wildman–Crippen LogP) is 4.99. The van der Waals surface area contributed by atoms with Gasteiger partial charge in [-0.1, -0.05) is 50.2 Å². The second-order valence-electron chi connectivity index (χ2n) is 5.63. The quantitative estimate of drug-likeness (QED) is 0.808. The lowest BCUT2D eigenvalue weighted by atomic mass is 9.88. The zero-order valence-electron chi connectivity index (χ0n) is 12.4. The van der Waals surface area contributed by atoms with Gasteiger partial charge in [0.15, 0.2) is 0 Å². The van der Waals surface area contributed by atoms with Crippen LogP contribution in [-0.4, -0.2) is 6.54 Å². The normalized spacial score (nSPS) is 12.4. The fraction of sp³-hybridized carbons (Fsp3) is 0.333. The van der Waals surface area contributed by atoms with Crippen LogP contribution in [0.2, 0.25) is 0 Å². The summed E-state index contributed by atoms with van der Waals surface area (Å²) in [6.45, 7) is 7.03. The number of halogens is 1. The third-order valence-corrected chi connectivity index (χ3v) is 3.67. The molecule has 2 aromatic carbocycles. The Bertz CT molecular complexity index is 549. The Hall–Kier alpha value is -1.83. The number of nitrogens with one attached hydrogen (secondary N) is 1. The Balaban J connectivity index is 2.10. The van der Waals surface area contributed by atoms with Crippen LogP contribution in [0.15, 0.2) is 48.5 Å². The first kappa shape index (κ1) is 14.6. The maximum absolute atomic E-state index is 13.8. The van der Waals surface area contributed by atoms with Gasteiger partial charge < -0.3 is 5.32 Å². The van der Waals surface area contributed by atoms with Crippen LogP contribution < -0.4 is 5.32 Å². The molecule has 1 N–H and O–H groups in total. The number of anilines is 1. The van der Waals surface area contributed by atoms with E-state index in [1.165, 1.54) is 5.56 Å². The van der Waals surface area contributed by atoms with Crippen molar-refractivity contribution in [3.8, 4) is 0 Å². The molecule has 1 atom stereocenters. The summed E-state index contributed by atoms with van der Waals surface area (Å²) in [5, 5.41) is 3.25. The van der Waals surface area contributed by atoms with E-state index in [1.54, 1.807) is 6.07 Å². The molecule has 2 rings (SSSR count). The number of benzene rings is 2. The van der Waals surface area contributed by atoms with Gasteiger partial charge in [-0.2, -0.15) is 0 Å². The van der Waals surface area contributed by atoms with E-state index >= 15 is 0 Å². The van der Waals surface area contributed by atoms with E-state index in [9.17, 15) is 4.39 Å². The van der Waals surface area contributed by atoms with Crippen LogP contribution in [-0.2, 0) is 0 Å². The van der Waals surface area contributed by atoms with Crippen molar-refractivity contribution in [1.29, 1.82) is 0 Å². The Morgan fingerprint density at radius 2 is 1.75 bits per heavy atom.